The Morgan fingerprint density at radius 1 is 1.28 bits per heavy atom. The van der Waals surface area contributed by atoms with Crippen LogP contribution in [0.5, 0.6) is 0 Å². The third-order valence-corrected chi connectivity index (χ3v) is 3.34. The lowest BCUT2D eigenvalue weighted by Gasteiger charge is -2.06. The molecule has 0 fully saturated rings. The molecule has 1 amide bonds. The van der Waals surface area contributed by atoms with Crippen LogP contribution in [0.4, 0.5) is 5.69 Å². The van der Waals surface area contributed by atoms with Crippen LogP contribution in [0, 0.1) is 6.92 Å². The Kier molecular flexibility index (Phi) is 3.62. The molecule has 0 bridgehead atoms. The number of carbonyl (C=O) groups excluding carboxylic acids is 1. The summed E-state index contributed by atoms with van der Waals surface area (Å²) in [5.74, 6) is -0.303. The molecule has 0 aliphatic carbocycles. The number of H-pyrrole nitrogens is 1. The molecule has 0 aliphatic heterocycles. The molecule has 18 heavy (non-hydrogen) atoms. The van der Waals surface area contributed by atoms with Gasteiger partial charge in [-0.1, -0.05) is 15.9 Å². The number of anilines is 1. The van der Waals surface area contributed by atoms with Crippen molar-refractivity contribution in [1.82, 2.24) is 4.98 Å². The second-order valence-corrected chi connectivity index (χ2v) is 4.71. The predicted molar refractivity (Wildman–Crippen MR) is 73.9 cm³/mol. The van der Waals surface area contributed by atoms with Crippen molar-refractivity contribution >= 4 is 27.5 Å². The molecule has 4 nitrogen and oxygen atoms in total. The van der Waals surface area contributed by atoms with Gasteiger partial charge in [-0.2, -0.15) is 0 Å². The van der Waals surface area contributed by atoms with Crippen molar-refractivity contribution in [2.24, 2.45) is 0 Å². The molecule has 2 aromatic rings. The minimum atomic E-state index is -0.303. The van der Waals surface area contributed by atoms with Gasteiger partial charge in [0.1, 0.15) is 0 Å². The number of benzene rings is 1. The Balaban J connectivity index is 2.21. The van der Waals surface area contributed by atoms with E-state index in [2.05, 4.69) is 26.2 Å². The number of hydrogen-bond acceptors (Lipinski definition) is 2. The Bertz CT molecular complexity index is 649. The van der Waals surface area contributed by atoms with E-state index in [9.17, 15) is 9.59 Å². The highest BCUT2D eigenvalue weighted by Gasteiger charge is 2.07. The molecule has 0 atom stereocenters. The highest BCUT2D eigenvalue weighted by Crippen LogP contribution is 2.20. The predicted octanol–water partition coefficient (Wildman–Crippen LogP) is 2.70. The Morgan fingerprint density at radius 2 is 2.06 bits per heavy atom. The van der Waals surface area contributed by atoms with Gasteiger partial charge in [-0.25, -0.2) is 0 Å². The number of aryl methyl sites for hydroxylation is 1. The van der Waals surface area contributed by atoms with E-state index >= 15 is 0 Å². The second-order valence-electron chi connectivity index (χ2n) is 3.86. The van der Waals surface area contributed by atoms with Crippen molar-refractivity contribution in [3.8, 4) is 0 Å². The molecule has 2 rings (SSSR count). The van der Waals surface area contributed by atoms with Crippen molar-refractivity contribution in [2.75, 3.05) is 5.32 Å². The van der Waals surface area contributed by atoms with E-state index < -0.39 is 0 Å². The first kappa shape index (κ1) is 12.6. The van der Waals surface area contributed by atoms with Gasteiger partial charge in [0, 0.05) is 28.0 Å². The highest BCUT2D eigenvalue weighted by molar-refractivity contribution is 9.10. The number of amides is 1. The van der Waals surface area contributed by atoms with Crippen LogP contribution in [-0.2, 0) is 0 Å². The van der Waals surface area contributed by atoms with Crippen molar-refractivity contribution < 1.29 is 4.79 Å². The van der Waals surface area contributed by atoms with Crippen molar-refractivity contribution in [2.45, 2.75) is 6.92 Å². The molecular formula is C13H11BrN2O2. The summed E-state index contributed by atoms with van der Waals surface area (Å²) in [5.41, 5.74) is 1.76. The van der Waals surface area contributed by atoms with Gasteiger partial charge in [0.25, 0.3) is 5.91 Å². The van der Waals surface area contributed by atoms with Gasteiger partial charge < -0.3 is 10.3 Å². The van der Waals surface area contributed by atoms with Crippen LogP contribution in [0.3, 0.4) is 0 Å². The molecular weight excluding hydrogens is 296 g/mol. The van der Waals surface area contributed by atoms with Gasteiger partial charge in [-0.05, 0) is 36.8 Å². The largest absolute Gasteiger partial charge is 0.329 e. The van der Waals surface area contributed by atoms with Crippen LogP contribution < -0.4 is 10.9 Å². The van der Waals surface area contributed by atoms with Crippen LogP contribution in [0.25, 0.3) is 0 Å². The van der Waals surface area contributed by atoms with E-state index in [4.69, 9.17) is 0 Å². The summed E-state index contributed by atoms with van der Waals surface area (Å²) >= 11 is 3.39. The quantitative estimate of drug-likeness (QED) is 0.896. The molecule has 0 saturated carbocycles. The van der Waals surface area contributed by atoms with Crippen LogP contribution in [0.2, 0.25) is 0 Å². The summed E-state index contributed by atoms with van der Waals surface area (Å²) in [4.78, 5) is 25.5. The summed E-state index contributed by atoms with van der Waals surface area (Å²) in [6.45, 7) is 1.94. The smallest absolute Gasteiger partial charge is 0.255 e. The third-order valence-electron chi connectivity index (χ3n) is 2.45. The maximum absolute atomic E-state index is 11.9. The van der Waals surface area contributed by atoms with E-state index in [1.807, 2.05) is 19.1 Å². The number of aromatic amines is 1. The Hall–Kier alpha value is -1.88. The number of rotatable bonds is 2. The van der Waals surface area contributed by atoms with E-state index in [1.54, 1.807) is 12.1 Å². The summed E-state index contributed by atoms with van der Waals surface area (Å²) < 4.78 is 0.983. The number of hydrogen-bond donors (Lipinski definition) is 2. The molecule has 0 saturated heterocycles. The topological polar surface area (TPSA) is 62.0 Å². The highest BCUT2D eigenvalue weighted by atomic mass is 79.9. The summed E-state index contributed by atoms with van der Waals surface area (Å²) in [6.07, 6.45) is 1.45. The zero-order valence-electron chi connectivity index (χ0n) is 9.66. The molecule has 1 aromatic carbocycles. The third kappa shape index (κ3) is 2.87. The van der Waals surface area contributed by atoms with Crippen LogP contribution >= 0.6 is 15.9 Å². The van der Waals surface area contributed by atoms with Gasteiger partial charge in [0.15, 0.2) is 0 Å². The van der Waals surface area contributed by atoms with E-state index in [1.165, 1.54) is 12.3 Å². The molecule has 5 heteroatoms. The molecule has 0 aliphatic rings. The molecule has 0 spiro atoms. The number of carbonyl (C=O) groups is 1. The molecule has 2 N–H and O–H groups in total. The van der Waals surface area contributed by atoms with E-state index in [-0.39, 0.29) is 11.5 Å². The fourth-order valence-electron chi connectivity index (χ4n) is 1.51. The first-order valence-corrected chi connectivity index (χ1v) is 6.12. The minimum absolute atomic E-state index is 0.297. The van der Waals surface area contributed by atoms with Gasteiger partial charge in [0.05, 0.1) is 0 Å². The van der Waals surface area contributed by atoms with Crippen LogP contribution in [-0.4, -0.2) is 10.9 Å². The van der Waals surface area contributed by atoms with Crippen LogP contribution in [0.15, 0.2) is 45.8 Å². The fraction of sp³-hybridized carbons (Fsp3) is 0.0769. The van der Waals surface area contributed by atoms with Gasteiger partial charge in [0.2, 0.25) is 5.56 Å². The van der Waals surface area contributed by atoms with E-state index in [0.29, 0.717) is 11.3 Å². The minimum Gasteiger partial charge on any atom is -0.329 e. The molecule has 0 unspecified atom stereocenters. The monoisotopic (exact) mass is 306 g/mol. The lowest BCUT2D eigenvalue weighted by Crippen LogP contribution is -2.15. The van der Waals surface area contributed by atoms with E-state index in [0.717, 1.165) is 10.0 Å². The first-order chi connectivity index (χ1) is 8.56. The summed E-state index contributed by atoms with van der Waals surface area (Å²) in [7, 11) is 0. The zero-order chi connectivity index (χ0) is 13.1. The standard InChI is InChI=1S/C13H11BrN2O2/c1-8-6-10(2-3-11(8)14)16-13(18)9-4-5-15-12(17)7-9/h2-7H,1H3,(H,15,17)(H,16,18). The zero-order valence-corrected chi connectivity index (χ0v) is 11.2. The number of pyridine rings is 1. The molecule has 0 radical (unpaired) electrons. The SMILES string of the molecule is Cc1cc(NC(=O)c2cc[nH]c(=O)c2)ccc1Br. The lowest BCUT2D eigenvalue weighted by atomic mass is 10.2. The number of aromatic nitrogens is 1. The van der Waals surface area contributed by atoms with Crippen LogP contribution in [0.1, 0.15) is 15.9 Å². The average Bonchev–Trinajstić information content (AvgIpc) is 2.34. The average molecular weight is 307 g/mol. The number of nitrogens with one attached hydrogen (secondary N) is 2. The molecule has 92 valence electrons. The Morgan fingerprint density at radius 3 is 2.72 bits per heavy atom. The van der Waals surface area contributed by atoms with Gasteiger partial charge in [-0.15, -0.1) is 0 Å². The normalized spacial score (nSPS) is 10.1. The summed E-state index contributed by atoms with van der Waals surface area (Å²) in [6, 6.07) is 8.34. The van der Waals surface area contributed by atoms with Crippen molar-refractivity contribution in [3.05, 3.63) is 62.5 Å². The maximum atomic E-state index is 11.9. The number of halogens is 1. The molecule has 1 aromatic heterocycles. The fourth-order valence-corrected chi connectivity index (χ4v) is 1.76. The van der Waals surface area contributed by atoms with Crippen molar-refractivity contribution in [1.29, 1.82) is 0 Å². The first-order valence-electron chi connectivity index (χ1n) is 5.32. The molecule has 1 heterocycles. The maximum Gasteiger partial charge on any atom is 0.255 e. The van der Waals surface area contributed by atoms with Gasteiger partial charge in [-0.3, -0.25) is 9.59 Å². The Labute approximate surface area is 112 Å². The summed E-state index contributed by atoms with van der Waals surface area (Å²) in [5, 5.41) is 2.74. The second kappa shape index (κ2) is 5.18. The lowest BCUT2D eigenvalue weighted by molar-refractivity contribution is 0.102. The van der Waals surface area contributed by atoms with Gasteiger partial charge >= 0.3 is 0 Å². The van der Waals surface area contributed by atoms with Crippen molar-refractivity contribution in [3.63, 3.8) is 0 Å².